The predicted octanol–water partition coefficient (Wildman–Crippen LogP) is 14.9. The molecule has 2 aliphatic rings. The average molecular weight is 741 g/mol. The van der Waals surface area contributed by atoms with Crippen LogP contribution in [0.5, 0.6) is 0 Å². The zero-order chi connectivity index (χ0) is 38.8. The van der Waals surface area contributed by atoms with Crippen molar-refractivity contribution in [3.8, 4) is 33.4 Å². The molecule has 0 saturated carbocycles. The Hall–Kier alpha value is -7.42. The third-order valence-corrected chi connectivity index (χ3v) is 12.3. The third kappa shape index (κ3) is 4.92. The number of hydrogen-bond donors (Lipinski definition) is 0. The normalized spacial score (nSPS) is 13.3. The highest BCUT2D eigenvalue weighted by atomic mass is 15.1. The van der Waals surface area contributed by atoms with Gasteiger partial charge in [0, 0.05) is 33.5 Å². The van der Waals surface area contributed by atoms with Gasteiger partial charge >= 0.3 is 0 Å². The number of nitrogens with zero attached hydrogens (tertiary/aromatic N) is 2. The second-order valence-corrected chi connectivity index (χ2v) is 15.3. The van der Waals surface area contributed by atoms with Crippen molar-refractivity contribution in [3.63, 3.8) is 0 Å². The molecule has 0 atom stereocenters. The maximum absolute atomic E-state index is 4.50. The van der Waals surface area contributed by atoms with E-state index in [-0.39, 0.29) is 5.41 Å². The van der Waals surface area contributed by atoms with Gasteiger partial charge in [0.2, 0.25) is 0 Å². The van der Waals surface area contributed by atoms with Crippen LogP contribution in [0.15, 0.2) is 219 Å². The lowest BCUT2D eigenvalue weighted by molar-refractivity contribution is 0.794. The fourth-order valence-electron chi connectivity index (χ4n) is 9.87. The van der Waals surface area contributed by atoms with Crippen LogP contribution in [0.1, 0.15) is 29.2 Å². The zero-order valence-electron chi connectivity index (χ0n) is 32.3. The van der Waals surface area contributed by atoms with Crippen LogP contribution < -0.4 is 4.90 Å². The van der Waals surface area contributed by atoms with Gasteiger partial charge in [0.1, 0.15) is 0 Å². The topological polar surface area (TPSA) is 8.17 Å². The Bertz CT molecular complexity index is 3090. The summed E-state index contributed by atoms with van der Waals surface area (Å²) in [4.78, 5) is 2.35. The minimum absolute atomic E-state index is 0.334. The molecule has 0 aliphatic heterocycles. The molecule has 2 nitrogen and oxygen atoms in total. The van der Waals surface area contributed by atoms with Crippen molar-refractivity contribution in [1.29, 1.82) is 0 Å². The van der Waals surface area contributed by atoms with E-state index < -0.39 is 0 Å². The van der Waals surface area contributed by atoms with Crippen LogP contribution in [0.3, 0.4) is 0 Å². The third-order valence-electron chi connectivity index (χ3n) is 12.3. The minimum atomic E-state index is -0.334. The lowest BCUT2D eigenvalue weighted by Gasteiger charge is -2.30. The molecule has 11 rings (SSSR count). The summed E-state index contributed by atoms with van der Waals surface area (Å²) in [6.07, 6.45) is 8.20. The van der Waals surface area contributed by atoms with Crippen LogP contribution in [-0.2, 0) is 5.41 Å². The molecule has 274 valence electrons. The van der Waals surface area contributed by atoms with E-state index in [0.717, 1.165) is 33.8 Å². The van der Waals surface area contributed by atoms with Gasteiger partial charge in [0.15, 0.2) is 0 Å². The van der Waals surface area contributed by atoms with Crippen molar-refractivity contribution in [3.05, 3.63) is 241 Å². The first kappa shape index (κ1) is 33.9. The summed E-state index contributed by atoms with van der Waals surface area (Å²) in [5, 5.41) is 2.41. The summed E-state index contributed by atoms with van der Waals surface area (Å²) < 4.78 is 2.28. The molecule has 58 heavy (non-hydrogen) atoms. The second kappa shape index (κ2) is 13.4. The van der Waals surface area contributed by atoms with Gasteiger partial charge in [-0.25, -0.2) is 0 Å². The van der Waals surface area contributed by atoms with Crippen molar-refractivity contribution in [2.45, 2.75) is 12.3 Å². The molecular weight excluding hydrogens is 701 g/mol. The van der Waals surface area contributed by atoms with Crippen LogP contribution in [0, 0.1) is 0 Å². The zero-order valence-corrected chi connectivity index (χ0v) is 32.3. The van der Waals surface area contributed by atoms with E-state index in [0.29, 0.717) is 0 Å². The highest BCUT2D eigenvalue weighted by Gasteiger charge is 2.51. The van der Waals surface area contributed by atoms with E-state index in [4.69, 9.17) is 0 Å². The average Bonchev–Trinajstić information content (AvgIpc) is 3.89. The predicted molar refractivity (Wildman–Crippen MR) is 245 cm³/mol. The van der Waals surface area contributed by atoms with Crippen molar-refractivity contribution < 1.29 is 0 Å². The SMILES string of the molecule is C=C(/C=C\C=C/C)n1c2ccccc2c2ccc(N(c3ccccc3)c3ccc(-c4ccc5c(c4)-c4ccccc4C54c5ccccc5-c5ccccc54)cc3)cc21. The highest BCUT2D eigenvalue weighted by molar-refractivity contribution is 6.11. The smallest absolute Gasteiger partial charge is 0.0725 e. The summed E-state index contributed by atoms with van der Waals surface area (Å²) in [5.74, 6) is 0. The molecule has 0 bridgehead atoms. The van der Waals surface area contributed by atoms with Gasteiger partial charge < -0.3 is 9.47 Å². The lowest BCUT2D eigenvalue weighted by atomic mass is 9.70. The van der Waals surface area contributed by atoms with Crippen LogP contribution in [0.25, 0.3) is 60.9 Å². The Morgan fingerprint density at radius 3 is 1.69 bits per heavy atom. The van der Waals surface area contributed by atoms with Gasteiger partial charge in [0.05, 0.1) is 16.4 Å². The summed E-state index contributed by atoms with van der Waals surface area (Å²) in [5.41, 5.74) is 19.2. The second-order valence-electron chi connectivity index (χ2n) is 15.3. The molecule has 1 aromatic heterocycles. The Labute approximate surface area is 339 Å². The van der Waals surface area contributed by atoms with Gasteiger partial charge in [-0.05, 0) is 117 Å². The molecule has 2 aliphatic carbocycles. The largest absolute Gasteiger partial charge is 0.310 e. The quantitative estimate of drug-likeness (QED) is 0.148. The first-order valence-corrected chi connectivity index (χ1v) is 20.1. The first-order valence-electron chi connectivity index (χ1n) is 20.1. The molecule has 0 saturated heterocycles. The number of hydrogen-bond acceptors (Lipinski definition) is 1. The van der Waals surface area contributed by atoms with E-state index in [1.807, 2.05) is 19.1 Å². The fraction of sp³-hybridized carbons (Fsp3) is 0.0357. The van der Waals surface area contributed by atoms with Gasteiger partial charge in [-0.1, -0.05) is 164 Å². The molecule has 0 amide bonds. The van der Waals surface area contributed by atoms with E-state index in [1.54, 1.807) is 0 Å². The first-order chi connectivity index (χ1) is 28.7. The standard InChI is InChI=1S/C56H40N2/c1-3-4-6-17-38(2)57-54-27-16-12-23-47(54)48-34-33-43(37-55(48)57)58(41-18-7-5-8-19-41)42-31-28-39(29-32-42)40-30-35-53-49(36-40)46-22-11-15-26-52(46)56(53)50-24-13-9-20-44(50)45-21-10-14-25-51(45)56/h3-37H,2H2,1H3/b4-3-,17-6-. The van der Waals surface area contributed by atoms with Gasteiger partial charge in [-0.3, -0.25) is 0 Å². The monoisotopic (exact) mass is 740 g/mol. The Morgan fingerprint density at radius 1 is 0.466 bits per heavy atom. The summed E-state index contributed by atoms with van der Waals surface area (Å²) in [6, 6.07) is 69.2. The van der Waals surface area contributed by atoms with Crippen LogP contribution in [0.2, 0.25) is 0 Å². The summed E-state index contributed by atoms with van der Waals surface area (Å²) in [7, 11) is 0. The number of anilines is 3. The Morgan fingerprint density at radius 2 is 1.00 bits per heavy atom. The molecule has 1 spiro atoms. The molecule has 9 aromatic rings. The van der Waals surface area contributed by atoms with Gasteiger partial charge in [0.25, 0.3) is 0 Å². The Balaban J connectivity index is 1.02. The van der Waals surface area contributed by atoms with Crippen LogP contribution >= 0.6 is 0 Å². The molecule has 0 fully saturated rings. The van der Waals surface area contributed by atoms with Crippen LogP contribution in [-0.4, -0.2) is 4.57 Å². The highest BCUT2D eigenvalue weighted by Crippen LogP contribution is 2.63. The van der Waals surface area contributed by atoms with Crippen molar-refractivity contribution >= 4 is 44.6 Å². The van der Waals surface area contributed by atoms with Crippen molar-refractivity contribution in [2.75, 3.05) is 4.90 Å². The molecule has 1 heterocycles. The van der Waals surface area contributed by atoms with Gasteiger partial charge in [-0.15, -0.1) is 0 Å². The van der Waals surface area contributed by atoms with E-state index >= 15 is 0 Å². The number of allylic oxidation sites excluding steroid dienone is 5. The molecule has 0 radical (unpaired) electrons. The summed E-state index contributed by atoms with van der Waals surface area (Å²) >= 11 is 0. The fourth-order valence-corrected chi connectivity index (χ4v) is 9.87. The van der Waals surface area contributed by atoms with E-state index in [2.05, 4.69) is 216 Å². The lowest BCUT2D eigenvalue weighted by Crippen LogP contribution is -2.25. The van der Waals surface area contributed by atoms with Crippen LogP contribution in [0.4, 0.5) is 17.1 Å². The van der Waals surface area contributed by atoms with Gasteiger partial charge in [-0.2, -0.15) is 0 Å². The maximum atomic E-state index is 4.50. The molecular formula is C56H40N2. The number of para-hydroxylation sites is 2. The van der Waals surface area contributed by atoms with Crippen molar-refractivity contribution in [1.82, 2.24) is 4.57 Å². The minimum Gasteiger partial charge on any atom is -0.310 e. The molecule has 8 aromatic carbocycles. The molecule has 2 heteroatoms. The number of benzene rings is 8. The molecule has 0 N–H and O–H groups in total. The maximum Gasteiger partial charge on any atom is 0.0725 e. The molecule has 0 unspecified atom stereocenters. The summed E-state index contributed by atoms with van der Waals surface area (Å²) in [6.45, 7) is 6.53. The van der Waals surface area contributed by atoms with Crippen molar-refractivity contribution in [2.24, 2.45) is 0 Å². The number of fused-ring (bicyclic) bond motifs is 13. The number of rotatable bonds is 7. The number of aromatic nitrogens is 1. The Kier molecular flexibility index (Phi) is 7.80. The van der Waals surface area contributed by atoms with E-state index in [9.17, 15) is 0 Å². The van der Waals surface area contributed by atoms with E-state index in [1.165, 1.54) is 66.4 Å².